The van der Waals surface area contributed by atoms with Crippen molar-refractivity contribution in [3.8, 4) is 5.75 Å². The van der Waals surface area contributed by atoms with Crippen molar-refractivity contribution in [1.82, 2.24) is 14.5 Å². The van der Waals surface area contributed by atoms with Gasteiger partial charge in [-0.2, -0.15) is 0 Å². The second kappa shape index (κ2) is 8.19. The molecule has 2 heterocycles. The Bertz CT molecular complexity index is 710. The molecule has 0 saturated carbocycles. The van der Waals surface area contributed by atoms with Crippen molar-refractivity contribution < 1.29 is 9.90 Å². The van der Waals surface area contributed by atoms with Crippen LogP contribution in [0.4, 0.5) is 0 Å². The monoisotopic (exact) mass is 341 g/mol. The summed E-state index contributed by atoms with van der Waals surface area (Å²) in [5.41, 5.74) is 0.858. The molecule has 5 nitrogen and oxygen atoms in total. The smallest absolute Gasteiger partial charge is 0.227 e. The normalized spacial score (nSPS) is 17.6. The van der Waals surface area contributed by atoms with Crippen molar-refractivity contribution in [3.63, 3.8) is 0 Å². The van der Waals surface area contributed by atoms with Crippen LogP contribution in [0, 0.1) is 0 Å². The number of piperidine rings is 1. The quantitative estimate of drug-likeness (QED) is 0.877. The summed E-state index contributed by atoms with van der Waals surface area (Å²) >= 11 is 0. The summed E-state index contributed by atoms with van der Waals surface area (Å²) in [6, 6.07) is 6.95. The van der Waals surface area contributed by atoms with E-state index in [-0.39, 0.29) is 11.7 Å². The molecular formula is C20H27N3O2. The van der Waals surface area contributed by atoms with Crippen LogP contribution < -0.4 is 0 Å². The second-order valence-electron chi connectivity index (χ2n) is 6.86. The van der Waals surface area contributed by atoms with Gasteiger partial charge in [-0.1, -0.05) is 25.5 Å². The number of nitrogens with zero attached hydrogens (tertiary/aromatic N) is 3. The molecule has 1 aromatic carbocycles. The maximum atomic E-state index is 12.7. The lowest BCUT2D eigenvalue weighted by atomic mass is 9.96. The first-order chi connectivity index (χ1) is 12.2. The Hall–Kier alpha value is -2.30. The lowest BCUT2D eigenvalue weighted by Gasteiger charge is -2.33. The highest BCUT2D eigenvalue weighted by Crippen LogP contribution is 2.26. The number of phenolic OH excluding ortho intramolecular Hbond substituents is 1. The van der Waals surface area contributed by atoms with Crippen LogP contribution in [-0.2, 0) is 17.8 Å². The van der Waals surface area contributed by atoms with E-state index in [1.807, 2.05) is 17.2 Å². The molecule has 2 aromatic rings. The molecule has 1 aromatic heterocycles. The molecule has 134 valence electrons. The summed E-state index contributed by atoms with van der Waals surface area (Å²) in [5, 5.41) is 9.57. The minimum absolute atomic E-state index is 0.127. The molecule has 1 N–H and O–H groups in total. The molecule has 1 aliphatic rings. The van der Waals surface area contributed by atoms with E-state index in [0.29, 0.717) is 12.3 Å². The van der Waals surface area contributed by atoms with Crippen LogP contribution in [0.5, 0.6) is 5.75 Å². The number of phenols is 1. The van der Waals surface area contributed by atoms with Crippen molar-refractivity contribution in [2.75, 3.05) is 13.1 Å². The number of likely N-dealkylation sites (tertiary alicyclic amines) is 1. The van der Waals surface area contributed by atoms with Crippen LogP contribution >= 0.6 is 0 Å². The summed E-state index contributed by atoms with van der Waals surface area (Å²) in [6.45, 7) is 4.74. The molecule has 1 fully saturated rings. The molecule has 1 atom stereocenters. The lowest BCUT2D eigenvalue weighted by molar-refractivity contribution is -0.131. The number of amides is 1. The number of aryl methyl sites for hydroxylation is 1. The Morgan fingerprint density at radius 2 is 2.28 bits per heavy atom. The standard InChI is InChI=1S/C20H27N3O2/c1-2-3-10-22-12-9-21-20(22)17-7-5-11-23(15-17)19(25)14-16-6-4-8-18(24)13-16/h4,6,8-9,12-13,17,24H,2-3,5,7,10-11,14-15H2,1H3. The van der Waals surface area contributed by atoms with E-state index in [1.54, 1.807) is 18.2 Å². The Kier molecular flexibility index (Phi) is 5.74. The van der Waals surface area contributed by atoms with Gasteiger partial charge in [-0.3, -0.25) is 4.79 Å². The highest BCUT2D eigenvalue weighted by atomic mass is 16.3. The predicted molar refractivity (Wildman–Crippen MR) is 97.5 cm³/mol. The van der Waals surface area contributed by atoms with Crippen molar-refractivity contribution in [2.45, 2.75) is 51.5 Å². The SMILES string of the molecule is CCCCn1ccnc1C1CCCN(C(=O)Cc2cccc(O)c2)C1. The van der Waals surface area contributed by atoms with E-state index in [2.05, 4.69) is 22.7 Å². The van der Waals surface area contributed by atoms with Crippen molar-refractivity contribution in [2.24, 2.45) is 0 Å². The Balaban J connectivity index is 1.64. The third-order valence-electron chi connectivity index (χ3n) is 4.91. The second-order valence-corrected chi connectivity index (χ2v) is 6.86. The Morgan fingerprint density at radius 1 is 1.40 bits per heavy atom. The van der Waals surface area contributed by atoms with E-state index in [1.165, 1.54) is 0 Å². The van der Waals surface area contributed by atoms with Crippen molar-refractivity contribution >= 4 is 5.91 Å². The van der Waals surface area contributed by atoms with E-state index in [0.717, 1.165) is 56.7 Å². The number of aromatic hydroxyl groups is 1. The molecule has 1 aliphatic heterocycles. The van der Waals surface area contributed by atoms with Gasteiger partial charge in [0.25, 0.3) is 0 Å². The molecule has 1 amide bonds. The fourth-order valence-corrected chi connectivity index (χ4v) is 3.57. The maximum absolute atomic E-state index is 12.7. The molecule has 0 spiro atoms. The van der Waals surface area contributed by atoms with E-state index in [9.17, 15) is 9.90 Å². The number of aromatic nitrogens is 2. The van der Waals surface area contributed by atoms with Gasteiger partial charge in [0, 0.05) is 37.9 Å². The van der Waals surface area contributed by atoms with Gasteiger partial charge in [-0.25, -0.2) is 4.98 Å². The van der Waals surface area contributed by atoms with Gasteiger partial charge in [0.15, 0.2) is 0 Å². The first-order valence-electron chi connectivity index (χ1n) is 9.24. The Morgan fingerprint density at radius 3 is 3.08 bits per heavy atom. The first kappa shape index (κ1) is 17.5. The van der Waals surface area contributed by atoms with Crippen LogP contribution in [0.15, 0.2) is 36.7 Å². The van der Waals surface area contributed by atoms with Gasteiger partial charge >= 0.3 is 0 Å². The van der Waals surface area contributed by atoms with E-state index >= 15 is 0 Å². The molecular weight excluding hydrogens is 314 g/mol. The maximum Gasteiger partial charge on any atom is 0.227 e. The molecule has 0 bridgehead atoms. The summed E-state index contributed by atoms with van der Waals surface area (Å²) < 4.78 is 2.25. The van der Waals surface area contributed by atoms with Crippen LogP contribution in [0.25, 0.3) is 0 Å². The van der Waals surface area contributed by atoms with Crippen LogP contribution in [0.2, 0.25) is 0 Å². The predicted octanol–water partition coefficient (Wildman–Crippen LogP) is 3.34. The lowest BCUT2D eigenvalue weighted by Crippen LogP contribution is -2.40. The molecule has 1 unspecified atom stereocenters. The zero-order chi connectivity index (χ0) is 17.6. The van der Waals surface area contributed by atoms with Crippen molar-refractivity contribution in [1.29, 1.82) is 0 Å². The topological polar surface area (TPSA) is 58.4 Å². The zero-order valence-corrected chi connectivity index (χ0v) is 14.9. The number of carbonyl (C=O) groups is 1. The van der Waals surface area contributed by atoms with E-state index in [4.69, 9.17) is 0 Å². The molecule has 5 heteroatoms. The van der Waals surface area contributed by atoms with Gasteiger partial charge in [0.1, 0.15) is 11.6 Å². The summed E-state index contributed by atoms with van der Waals surface area (Å²) in [4.78, 5) is 19.2. The minimum Gasteiger partial charge on any atom is -0.508 e. The highest BCUT2D eigenvalue weighted by molar-refractivity contribution is 5.79. The van der Waals surface area contributed by atoms with Gasteiger partial charge in [-0.05, 0) is 37.0 Å². The van der Waals surface area contributed by atoms with E-state index < -0.39 is 0 Å². The number of unbranched alkanes of at least 4 members (excludes halogenated alkanes) is 1. The molecule has 25 heavy (non-hydrogen) atoms. The average Bonchev–Trinajstić information content (AvgIpc) is 3.08. The number of hydrogen-bond acceptors (Lipinski definition) is 3. The largest absolute Gasteiger partial charge is 0.508 e. The molecule has 3 rings (SSSR count). The third kappa shape index (κ3) is 4.41. The number of benzene rings is 1. The molecule has 1 saturated heterocycles. The zero-order valence-electron chi connectivity index (χ0n) is 14.9. The molecule has 0 radical (unpaired) electrons. The minimum atomic E-state index is 0.127. The van der Waals surface area contributed by atoms with Crippen molar-refractivity contribution in [3.05, 3.63) is 48.0 Å². The average molecular weight is 341 g/mol. The summed E-state index contributed by atoms with van der Waals surface area (Å²) in [6.07, 6.45) is 8.67. The molecule has 0 aliphatic carbocycles. The van der Waals surface area contributed by atoms with Gasteiger partial charge < -0.3 is 14.6 Å². The van der Waals surface area contributed by atoms with Gasteiger partial charge in [-0.15, -0.1) is 0 Å². The number of carbonyl (C=O) groups excluding carboxylic acids is 1. The van der Waals surface area contributed by atoms with Gasteiger partial charge in [0.2, 0.25) is 5.91 Å². The van der Waals surface area contributed by atoms with Gasteiger partial charge in [0.05, 0.1) is 6.42 Å². The number of rotatable bonds is 6. The fraction of sp³-hybridized carbons (Fsp3) is 0.500. The highest BCUT2D eigenvalue weighted by Gasteiger charge is 2.27. The van der Waals surface area contributed by atoms with Crippen LogP contribution in [-0.4, -0.2) is 38.6 Å². The Labute approximate surface area is 149 Å². The summed E-state index contributed by atoms with van der Waals surface area (Å²) in [7, 11) is 0. The fourth-order valence-electron chi connectivity index (χ4n) is 3.57. The summed E-state index contributed by atoms with van der Waals surface area (Å²) in [5.74, 6) is 1.76. The van der Waals surface area contributed by atoms with Crippen LogP contribution in [0.1, 0.15) is 49.9 Å². The van der Waals surface area contributed by atoms with Crippen LogP contribution in [0.3, 0.4) is 0 Å². The number of imidazole rings is 1. The number of hydrogen-bond donors (Lipinski definition) is 1. The first-order valence-corrected chi connectivity index (χ1v) is 9.24. The third-order valence-corrected chi connectivity index (χ3v) is 4.91.